The molecule has 4 heteroatoms. The topological polar surface area (TPSA) is 40.6 Å². The van der Waals surface area contributed by atoms with Gasteiger partial charge in [-0.05, 0) is 31.7 Å². The fourth-order valence-corrected chi connectivity index (χ4v) is 3.19. The summed E-state index contributed by atoms with van der Waals surface area (Å²) < 4.78 is 0. The van der Waals surface area contributed by atoms with Crippen LogP contribution in [0.4, 0.5) is 0 Å². The van der Waals surface area contributed by atoms with E-state index >= 15 is 0 Å². The van der Waals surface area contributed by atoms with Crippen molar-refractivity contribution in [1.82, 2.24) is 9.80 Å². The highest BCUT2D eigenvalue weighted by Gasteiger charge is 2.28. The van der Waals surface area contributed by atoms with Gasteiger partial charge < -0.3 is 9.80 Å². The molecule has 0 N–H and O–H groups in total. The smallest absolute Gasteiger partial charge is 0.226 e. The summed E-state index contributed by atoms with van der Waals surface area (Å²) in [5.41, 5.74) is 2.26. The standard InChI is InChI=1S/C20H30N2O2/c1-4-5-12-21(3)20(24)18-10-13-22(14-11-18)19(23)15-17-8-6-16(2)7-9-17/h6-9,18H,4-5,10-15H2,1-3H3. The third kappa shape index (κ3) is 5.08. The van der Waals surface area contributed by atoms with E-state index in [9.17, 15) is 9.59 Å². The first-order valence-electron chi connectivity index (χ1n) is 9.09. The SMILES string of the molecule is CCCCN(C)C(=O)C1CCN(C(=O)Cc2ccc(C)cc2)CC1. The molecule has 1 aromatic rings. The Morgan fingerprint density at radius 3 is 2.38 bits per heavy atom. The quantitative estimate of drug-likeness (QED) is 0.804. The third-order valence-corrected chi connectivity index (χ3v) is 4.90. The molecule has 24 heavy (non-hydrogen) atoms. The summed E-state index contributed by atoms with van der Waals surface area (Å²) in [7, 11) is 1.90. The summed E-state index contributed by atoms with van der Waals surface area (Å²) in [6.45, 7) is 6.41. The number of likely N-dealkylation sites (tertiary alicyclic amines) is 1. The molecule has 1 heterocycles. The Morgan fingerprint density at radius 1 is 1.17 bits per heavy atom. The average molecular weight is 330 g/mol. The van der Waals surface area contributed by atoms with Crippen LogP contribution in [0.2, 0.25) is 0 Å². The number of amides is 2. The van der Waals surface area contributed by atoms with Crippen molar-refractivity contribution >= 4 is 11.8 Å². The van der Waals surface area contributed by atoms with Gasteiger partial charge in [-0.15, -0.1) is 0 Å². The average Bonchev–Trinajstić information content (AvgIpc) is 2.61. The fraction of sp³-hybridized carbons (Fsp3) is 0.600. The lowest BCUT2D eigenvalue weighted by atomic mass is 9.95. The van der Waals surface area contributed by atoms with Gasteiger partial charge in [-0.3, -0.25) is 9.59 Å². The van der Waals surface area contributed by atoms with Crippen molar-refractivity contribution in [2.45, 2.75) is 46.0 Å². The van der Waals surface area contributed by atoms with E-state index in [0.717, 1.165) is 37.8 Å². The number of nitrogens with zero attached hydrogens (tertiary/aromatic N) is 2. The van der Waals surface area contributed by atoms with Gasteiger partial charge in [0, 0.05) is 32.6 Å². The molecule has 132 valence electrons. The lowest BCUT2D eigenvalue weighted by Crippen LogP contribution is -2.44. The van der Waals surface area contributed by atoms with Crippen molar-refractivity contribution in [2.24, 2.45) is 5.92 Å². The Balaban J connectivity index is 1.80. The fourth-order valence-electron chi connectivity index (χ4n) is 3.19. The summed E-state index contributed by atoms with van der Waals surface area (Å²) in [4.78, 5) is 28.6. The Kier molecular flexibility index (Phi) is 6.83. The normalized spacial score (nSPS) is 15.4. The van der Waals surface area contributed by atoms with Crippen LogP contribution in [0.1, 0.15) is 43.7 Å². The maximum Gasteiger partial charge on any atom is 0.226 e. The van der Waals surface area contributed by atoms with Crippen LogP contribution < -0.4 is 0 Å². The van der Waals surface area contributed by atoms with E-state index in [2.05, 4.69) is 6.92 Å². The number of carbonyl (C=O) groups is 2. The van der Waals surface area contributed by atoms with Crippen molar-refractivity contribution in [3.05, 3.63) is 35.4 Å². The number of carbonyl (C=O) groups excluding carboxylic acids is 2. The number of hydrogen-bond acceptors (Lipinski definition) is 2. The van der Waals surface area contributed by atoms with Crippen molar-refractivity contribution in [3.63, 3.8) is 0 Å². The first kappa shape index (κ1) is 18.5. The molecule has 0 aliphatic carbocycles. The largest absolute Gasteiger partial charge is 0.346 e. The van der Waals surface area contributed by atoms with Gasteiger partial charge in [0.1, 0.15) is 0 Å². The molecule has 0 radical (unpaired) electrons. The van der Waals surface area contributed by atoms with Gasteiger partial charge in [0.15, 0.2) is 0 Å². The van der Waals surface area contributed by atoms with Gasteiger partial charge in [0.25, 0.3) is 0 Å². The van der Waals surface area contributed by atoms with Crippen LogP contribution in [0.15, 0.2) is 24.3 Å². The zero-order valence-electron chi connectivity index (χ0n) is 15.3. The molecule has 0 aromatic heterocycles. The van der Waals surface area contributed by atoms with Crippen LogP contribution in [0.5, 0.6) is 0 Å². The van der Waals surface area contributed by atoms with Gasteiger partial charge in [-0.2, -0.15) is 0 Å². The Bertz CT molecular complexity index is 545. The molecule has 0 unspecified atom stereocenters. The molecule has 0 atom stereocenters. The van der Waals surface area contributed by atoms with Gasteiger partial charge in [0.05, 0.1) is 6.42 Å². The van der Waals surface area contributed by atoms with Crippen LogP contribution in [-0.2, 0) is 16.0 Å². The number of aryl methyl sites for hydroxylation is 1. The molecular weight excluding hydrogens is 300 g/mol. The maximum absolute atomic E-state index is 12.4. The number of unbranched alkanes of at least 4 members (excludes halogenated alkanes) is 1. The van der Waals surface area contributed by atoms with E-state index in [0.29, 0.717) is 19.5 Å². The summed E-state index contributed by atoms with van der Waals surface area (Å²) in [5.74, 6) is 0.494. The highest BCUT2D eigenvalue weighted by molar-refractivity contribution is 5.81. The summed E-state index contributed by atoms with van der Waals surface area (Å²) in [6.07, 6.45) is 4.18. The van der Waals surface area contributed by atoms with E-state index < -0.39 is 0 Å². The zero-order valence-corrected chi connectivity index (χ0v) is 15.3. The van der Waals surface area contributed by atoms with Crippen LogP contribution in [0.3, 0.4) is 0 Å². The van der Waals surface area contributed by atoms with Crippen molar-refractivity contribution < 1.29 is 9.59 Å². The molecule has 1 aliphatic rings. The Morgan fingerprint density at radius 2 is 1.79 bits per heavy atom. The highest BCUT2D eigenvalue weighted by atomic mass is 16.2. The molecule has 1 saturated heterocycles. The molecule has 0 saturated carbocycles. The zero-order chi connectivity index (χ0) is 17.5. The Labute approximate surface area is 145 Å². The molecule has 2 amide bonds. The summed E-state index contributed by atoms with van der Waals surface area (Å²) in [6, 6.07) is 8.12. The molecule has 1 aromatic carbocycles. The molecule has 0 bridgehead atoms. The molecule has 1 fully saturated rings. The number of hydrogen-bond donors (Lipinski definition) is 0. The third-order valence-electron chi connectivity index (χ3n) is 4.90. The van der Waals surface area contributed by atoms with Gasteiger partial charge >= 0.3 is 0 Å². The maximum atomic E-state index is 12.4. The summed E-state index contributed by atoms with van der Waals surface area (Å²) >= 11 is 0. The molecule has 2 rings (SSSR count). The predicted octanol–water partition coefficient (Wildman–Crippen LogP) is 3.03. The van der Waals surface area contributed by atoms with Crippen LogP contribution in [0.25, 0.3) is 0 Å². The van der Waals surface area contributed by atoms with E-state index in [1.807, 2.05) is 48.0 Å². The minimum Gasteiger partial charge on any atom is -0.346 e. The highest BCUT2D eigenvalue weighted by Crippen LogP contribution is 2.20. The van der Waals surface area contributed by atoms with Crippen LogP contribution >= 0.6 is 0 Å². The number of piperidine rings is 1. The summed E-state index contributed by atoms with van der Waals surface area (Å²) in [5, 5.41) is 0. The minimum atomic E-state index is 0.0790. The van der Waals surface area contributed by atoms with E-state index in [1.165, 1.54) is 5.56 Å². The van der Waals surface area contributed by atoms with E-state index in [4.69, 9.17) is 0 Å². The van der Waals surface area contributed by atoms with Gasteiger partial charge in [0.2, 0.25) is 11.8 Å². The van der Waals surface area contributed by atoms with Gasteiger partial charge in [-0.25, -0.2) is 0 Å². The van der Waals surface area contributed by atoms with Gasteiger partial charge in [-0.1, -0.05) is 43.2 Å². The Hall–Kier alpha value is -1.84. The van der Waals surface area contributed by atoms with Crippen molar-refractivity contribution in [2.75, 3.05) is 26.7 Å². The second kappa shape index (κ2) is 8.86. The van der Waals surface area contributed by atoms with Crippen LogP contribution in [0, 0.1) is 12.8 Å². The molecule has 4 nitrogen and oxygen atoms in total. The van der Waals surface area contributed by atoms with Crippen LogP contribution in [-0.4, -0.2) is 48.3 Å². The van der Waals surface area contributed by atoms with Crippen molar-refractivity contribution in [3.8, 4) is 0 Å². The second-order valence-corrected chi connectivity index (χ2v) is 6.93. The van der Waals surface area contributed by atoms with Crippen molar-refractivity contribution in [1.29, 1.82) is 0 Å². The number of benzene rings is 1. The minimum absolute atomic E-state index is 0.0790. The second-order valence-electron chi connectivity index (χ2n) is 6.93. The first-order chi connectivity index (χ1) is 11.5. The lowest BCUT2D eigenvalue weighted by molar-refractivity contribution is -0.139. The van der Waals surface area contributed by atoms with E-state index in [1.54, 1.807) is 0 Å². The first-order valence-corrected chi connectivity index (χ1v) is 9.09. The molecular formula is C20H30N2O2. The number of rotatable bonds is 6. The predicted molar refractivity (Wildman–Crippen MR) is 96.7 cm³/mol. The van der Waals surface area contributed by atoms with E-state index in [-0.39, 0.29) is 17.7 Å². The lowest BCUT2D eigenvalue weighted by Gasteiger charge is -2.33. The monoisotopic (exact) mass is 330 g/mol. The molecule has 0 spiro atoms. The molecule has 1 aliphatic heterocycles.